The van der Waals surface area contributed by atoms with Gasteiger partial charge in [-0.3, -0.25) is 9.78 Å². The lowest BCUT2D eigenvalue weighted by Crippen LogP contribution is -2.47. The van der Waals surface area contributed by atoms with Crippen LogP contribution in [0.2, 0.25) is 0 Å². The van der Waals surface area contributed by atoms with Crippen molar-refractivity contribution in [3.05, 3.63) is 59.0 Å². The number of likely N-dealkylation sites (N-methyl/N-ethyl adjacent to an activating group) is 1. The first-order chi connectivity index (χ1) is 17.8. The molecule has 0 radical (unpaired) electrons. The highest BCUT2D eigenvalue weighted by atomic mass is 16.3. The maximum absolute atomic E-state index is 13.1. The van der Waals surface area contributed by atoms with E-state index in [1.54, 1.807) is 30.6 Å². The van der Waals surface area contributed by atoms with E-state index in [1.165, 1.54) is 0 Å². The molecule has 4 heterocycles. The van der Waals surface area contributed by atoms with Crippen LogP contribution in [0.1, 0.15) is 34.1 Å². The number of nitrogens with one attached hydrogen (secondary N) is 2. The topological polar surface area (TPSA) is 130 Å². The SMILES string of the molecule is Cc1ncc(C(=O)N2CCN(C)CC2)cc1Nc1nccc(-c2cc(C#N)c3c(c2)[C@@](C)(CO)CN3)n1. The molecule has 10 nitrogen and oxygen atoms in total. The molecule has 2 aromatic heterocycles. The van der Waals surface area contributed by atoms with Crippen LogP contribution in [0.15, 0.2) is 36.7 Å². The van der Waals surface area contributed by atoms with Crippen molar-refractivity contribution in [1.29, 1.82) is 5.26 Å². The van der Waals surface area contributed by atoms with E-state index < -0.39 is 5.41 Å². The number of anilines is 3. The second-order valence-corrected chi connectivity index (χ2v) is 9.97. The molecule has 1 fully saturated rings. The van der Waals surface area contributed by atoms with E-state index in [-0.39, 0.29) is 12.5 Å². The third kappa shape index (κ3) is 4.71. The lowest BCUT2D eigenvalue weighted by molar-refractivity contribution is 0.0663. The first-order valence-electron chi connectivity index (χ1n) is 12.3. The Balaban J connectivity index is 1.43. The number of carbonyl (C=O) groups is 1. The van der Waals surface area contributed by atoms with Gasteiger partial charge in [-0.25, -0.2) is 9.97 Å². The summed E-state index contributed by atoms with van der Waals surface area (Å²) in [6.07, 6.45) is 3.26. The van der Waals surface area contributed by atoms with Crippen LogP contribution in [-0.2, 0) is 5.41 Å². The molecule has 2 aliphatic rings. The number of hydrogen-bond acceptors (Lipinski definition) is 9. The maximum Gasteiger partial charge on any atom is 0.255 e. The Morgan fingerprint density at radius 2 is 2.03 bits per heavy atom. The van der Waals surface area contributed by atoms with Crippen LogP contribution >= 0.6 is 0 Å². The molecular weight excluding hydrogens is 468 g/mol. The molecule has 0 aliphatic carbocycles. The molecule has 2 aliphatic heterocycles. The molecule has 0 bridgehead atoms. The van der Waals surface area contributed by atoms with Gasteiger partial charge in [0.2, 0.25) is 5.95 Å². The summed E-state index contributed by atoms with van der Waals surface area (Å²) in [6.45, 7) is 7.42. The second kappa shape index (κ2) is 9.76. The van der Waals surface area contributed by atoms with E-state index in [1.807, 2.05) is 24.8 Å². The minimum absolute atomic E-state index is 0.0344. The Morgan fingerprint density at radius 1 is 1.24 bits per heavy atom. The first kappa shape index (κ1) is 24.6. The van der Waals surface area contributed by atoms with E-state index in [0.717, 1.165) is 35.6 Å². The number of nitriles is 1. The molecule has 37 heavy (non-hydrogen) atoms. The second-order valence-electron chi connectivity index (χ2n) is 9.97. The van der Waals surface area contributed by atoms with Crippen LogP contribution in [0.25, 0.3) is 11.3 Å². The quantitative estimate of drug-likeness (QED) is 0.486. The molecule has 3 aromatic rings. The Bertz CT molecular complexity index is 1390. The average Bonchev–Trinajstić information content (AvgIpc) is 3.26. The maximum atomic E-state index is 13.1. The predicted octanol–water partition coefficient (Wildman–Crippen LogP) is 2.53. The number of aromatic nitrogens is 3. The largest absolute Gasteiger partial charge is 0.395 e. The summed E-state index contributed by atoms with van der Waals surface area (Å²) >= 11 is 0. The van der Waals surface area contributed by atoms with E-state index in [4.69, 9.17) is 0 Å². The van der Waals surface area contributed by atoms with Crippen LogP contribution < -0.4 is 10.6 Å². The standard InChI is InChI=1S/C27H30N8O2/c1-17-23(12-20(14-30-17)25(37)35-8-6-34(3)7-9-35)33-26-29-5-4-22(32-26)18-10-19(13-28)24-21(11-18)27(2,16-36)15-31-24/h4-5,10-12,14,31,36H,6-9,15-16H2,1-3H3,(H,29,32,33)/t27-/m1/s1. The van der Waals surface area contributed by atoms with Crippen molar-refractivity contribution in [3.63, 3.8) is 0 Å². The molecule has 190 valence electrons. The van der Waals surface area contributed by atoms with Gasteiger partial charge in [0.25, 0.3) is 5.91 Å². The van der Waals surface area contributed by atoms with Crippen molar-refractivity contribution >= 4 is 23.2 Å². The molecule has 1 saturated heterocycles. The van der Waals surface area contributed by atoms with Crippen molar-refractivity contribution in [1.82, 2.24) is 24.8 Å². The summed E-state index contributed by atoms with van der Waals surface area (Å²) in [5.41, 5.74) is 4.97. The molecule has 5 rings (SSSR count). The number of pyridine rings is 1. The zero-order valence-corrected chi connectivity index (χ0v) is 21.2. The molecule has 1 aromatic carbocycles. The fraction of sp³-hybridized carbons (Fsp3) is 0.370. The minimum Gasteiger partial charge on any atom is -0.395 e. The Labute approximate surface area is 216 Å². The smallest absolute Gasteiger partial charge is 0.255 e. The van der Waals surface area contributed by atoms with Crippen LogP contribution in [0, 0.1) is 18.3 Å². The number of carbonyl (C=O) groups excluding carboxylic acids is 1. The van der Waals surface area contributed by atoms with Crippen molar-refractivity contribution < 1.29 is 9.90 Å². The van der Waals surface area contributed by atoms with E-state index >= 15 is 0 Å². The van der Waals surface area contributed by atoms with Gasteiger partial charge in [0, 0.05) is 56.1 Å². The minimum atomic E-state index is -0.482. The molecule has 1 atom stereocenters. The van der Waals surface area contributed by atoms with Gasteiger partial charge in [0.15, 0.2) is 0 Å². The predicted molar refractivity (Wildman–Crippen MR) is 141 cm³/mol. The van der Waals surface area contributed by atoms with Crippen LogP contribution in [0.5, 0.6) is 0 Å². The van der Waals surface area contributed by atoms with Crippen molar-refractivity contribution in [2.45, 2.75) is 19.3 Å². The highest BCUT2D eigenvalue weighted by Crippen LogP contribution is 2.41. The number of benzene rings is 1. The Morgan fingerprint density at radius 3 is 2.76 bits per heavy atom. The van der Waals surface area contributed by atoms with E-state index in [9.17, 15) is 15.2 Å². The third-order valence-electron chi connectivity index (χ3n) is 7.24. The van der Waals surface area contributed by atoms with Gasteiger partial charge in [-0.1, -0.05) is 6.92 Å². The monoisotopic (exact) mass is 498 g/mol. The van der Waals surface area contributed by atoms with Crippen molar-refractivity contribution in [2.24, 2.45) is 0 Å². The average molecular weight is 499 g/mol. The number of nitrogens with zero attached hydrogens (tertiary/aromatic N) is 6. The normalized spacial score (nSPS) is 19.2. The number of hydrogen-bond donors (Lipinski definition) is 3. The fourth-order valence-electron chi connectivity index (χ4n) is 4.73. The van der Waals surface area contributed by atoms with Gasteiger partial charge in [-0.15, -0.1) is 0 Å². The Kier molecular flexibility index (Phi) is 6.50. The van der Waals surface area contributed by atoms with E-state index in [0.29, 0.717) is 48.1 Å². The number of amides is 1. The van der Waals surface area contributed by atoms with Crippen LogP contribution in [0.3, 0.4) is 0 Å². The van der Waals surface area contributed by atoms with Gasteiger partial charge >= 0.3 is 0 Å². The molecular formula is C27H30N8O2. The van der Waals surface area contributed by atoms with Crippen LogP contribution in [0.4, 0.5) is 17.3 Å². The highest BCUT2D eigenvalue weighted by Gasteiger charge is 2.36. The molecule has 3 N–H and O–H groups in total. The molecule has 0 spiro atoms. The van der Waals surface area contributed by atoms with Crippen LogP contribution in [-0.4, -0.2) is 82.1 Å². The zero-order chi connectivity index (χ0) is 26.2. The molecule has 0 saturated carbocycles. The zero-order valence-electron chi connectivity index (χ0n) is 21.2. The summed E-state index contributed by atoms with van der Waals surface area (Å²) in [7, 11) is 2.05. The first-order valence-corrected chi connectivity index (χ1v) is 12.3. The Hall–Kier alpha value is -4.07. The fourth-order valence-corrected chi connectivity index (χ4v) is 4.73. The van der Waals surface area contributed by atoms with Gasteiger partial charge in [0.05, 0.1) is 40.5 Å². The van der Waals surface area contributed by atoms with Crippen molar-refractivity contribution in [3.8, 4) is 17.3 Å². The lowest BCUT2D eigenvalue weighted by Gasteiger charge is -2.32. The number of fused-ring (bicyclic) bond motifs is 1. The van der Waals surface area contributed by atoms with E-state index in [2.05, 4.69) is 43.6 Å². The molecule has 0 unspecified atom stereocenters. The number of piperazine rings is 1. The number of aliphatic hydroxyl groups is 1. The summed E-state index contributed by atoms with van der Waals surface area (Å²) in [5.74, 6) is 0.315. The number of aliphatic hydroxyl groups excluding tert-OH is 1. The van der Waals surface area contributed by atoms with Gasteiger partial charge in [-0.05, 0) is 43.8 Å². The number of aryl methyl sites for hydroxylation is 1. The number of rotatable bonds is 5. The summed E-state index contributed by atoms with van der Waals surface area (Å²) in [5, 5.41) is 26.2. The van der Waals surface area contributed by atoms with Gasteiger partial charge in [-0.2, -0.15) is 5.26 Å². The lowest BCUT2D eigenvalue weighted by atomic mass is 9.83. The van der Waals surface area contributed by atoms with Crippen molar-refractivity contribution in [2.75, 3.05) is 57.0 Å². The summed E-state index contributed by atoms with van der Waals surface area (Å²) < 4.78 is 0. The van der Waals surface area contributed by atoms with Gasteiger partial charge < -0.3 is 25.5 Å². The molecule has 1 amide bonds. The summed E-state index contributed by atoms with van der Waals surface area (Å²) in [4.78, 5) is 30.6. The summed E-state index contributed by atoms with van der Waals surface area (Å²) in [6, 6.07) is 9.60. The van der Waals surface area contributed by atoms with Gasteiger partial charge in [0.1, 0.15) is 6.07 Å². The third-order valence-corrected chi connectivity index (χ3v) is 7.24. The molecule has 10 heteroatoms. The highest BCUT2D eigenvalue weighted by molar-refractivity contribution is 5.95.